The summed E-state index contributed by atoms with van der Waals surface area (Å²) in [7, 11) is 0. The number of rotatable bonds is 6. The molecule has 5 nitrogen and oxygen atoms in total. The molecule has 0 saturated heterocycles. The minimum absolute atomic E-state index is 0.0689. The lowest BCUT2D eigenvalue weighted by Gasteiger charge is -2.17. The predicted octanol–water partition coefficient (Wildman–Crippen LogP) is 3.52. The number of benzene rings is 1. The number of nitrogens with one attached hydrogen (secondary N) is 2. The summed E-state index contributed by atoms with van der Waals surface area (Å²) in [6, 6.07) is 4.80. The van der Waals surface area contributed by atoms with E-state index in [0.29, 0.717) is 12.1 Å². The first-order valence-electron chi connectivity index (χ1n) is 6.47. The summed E-state index contributed by atoms with van der Waals surface area (Å²) >= 11 is 3.36. The summed E-state index contributed by atoms with van der Waals surface area (Å²) in [6.45, 7) is 3.84. The molecule has 0 radical (unpaired) electrons. The van der Waals surface area contributed by atoms with E-state index in [9.17, 15) is 9.59 Å². The smallest absolute Gasteiger partial charge is 0.319 e. The molecule has 1 rings (SSSR count). The van der Waals surface area contributed by atoms with Crippen molar-refractivity contribution < 1.29 is 14.7 Å². The van der Waals surface area contributed by atoms with Crippen LogP contribution in [0.2, 0.25) is 0 Å². The third-order valence-corrected chi connectivity index (χ3v) is 3.32. The van der Waals surface area contributed by atoms with E-state index in [2.05, 4.69) is 26.6 Å². The molecule has 1 atom stereocenters. The second kappa shape index (κ2) is 7.89. The summed E-state index contributed by atoms with van der Waals surface area (Å²) in [6.07, 6.45) is 1.38. The zero-order valence-electron chi connectivity index (χ0n) is 11.6. The van der Waals surface area contributed by atoms with E-state index in [-0.39, 0.29) is 18.5 Å². The number of urea groups is 1. The fraction of sp³-hybridized carbons (Fsp3) is 0.429. The number of amides is 2. The van der Waals surface area contributed by atoms with E-state index >= 15 is 0 Å². The van der Waals surface area contributed by atoms with Crippen molar-refractivity contribution in [2.45, 2.75) is 39.2 Å². The molecule has 0 fully saturated rings. The number of aryl methyl sites for hydroxylation is 1. The van der Waals surface area contributed by atoms with Gasteiger partial charge in [0.15, 0.2) is 0 Å². The van der Waals surface area contributed by atoms with Gasteiger partial charge in [-0.05, 0) is 37.1 Å². The molecule has 110 valence electrons. The first-order chi connectivity index (χ1) is 9.42. The predicted molar refractivity (Wildman–Crippen MR) is 82.0 cm³/mol. The van der Waals surface area contributed by atoms with Crippen LogP contribution in [0.4, 0.5) is 10.5 Å². The van der Waals surface area contributed by atoms with Gasteiger partial charge in [0.2, 0.25) is 0 Å². The second-order valence-corrected chi connectivity index (χ2v) is 5.56. The number of aliphatic carboxylic acids is 1. The maximum Gasteiger partial charge on any atom is 0.319 e. The average Bonchev–Trinajstić information content (AvgIpc) is 2.32. The Balaban J connectivity index is 2.62. The van der Waals surface area contributed by atoms with Crippen LogP contribution in [0.25, 0.3) is 0 Å². The van der Waals surface area contributed by atoms with Crippen LogP contribution >= 0.6 is 15.9 Å². The third kappa shape index (κ3) is 5.61. The molecule has 1 unspecified atom stereocenters. The largest absolute Gasteiger partial charge is 0.481 e. The monoisotopic (exact) mass is 342 g/mol. The molecule has 2 amide bonds. The maximum absolute atomic E-state index is 11.9. The van der Waals surface area contributed by atoms with Gasteiger partial charge in [-0.2, -0.15) is 0 Å². The van der Waals surface area contributed by atoms with E-state index in [1.165, 1.54) is 0 Å². The van der Waals surface area contributed by atoms with Crippen molar-refractivity contribution in [1.82, 2.24) is 5.32 Å². The van der Waals surface area contributed by atoms with Crippen molar-refractivity contribution >= 4 is 33.6 Å². The molecule has 6 heteroatoms. The molecule has 20 heavy (non-hydrogen) atoms. The number of carbonyl (C=O) groups excluding carboxylic acids is 1. The zero-order valence-corrected chi connectivity index (χ0v) is 13.2. The summed E-state index contributed by atoms with van der Waals surface area (Å²) in [5.41, 5.74) is 1.64. The molecule has 0 aromatic heterocycles. The lowest BCUT2D eigenvalue weighted by molar-refractivity contribution is -0.137. The van der Waals surface area contributed by atoms with E-state index in [0.717, 1.165) is 16.5 Å². The van der Waals surface area contributed by atoms with Gasteiger partial charge in [0.05, 0.1) is 6.42 Å². The van der Waals surface area contributed by atoms with Crippen LogP contribution in [-0.4, -0.2) is 23.1 Å². The van der Waals surface area contributed by atoms with E-state index < -0.39 is 5.97 Å². The van der Waals surface area contributed by atoms with Crippen molar-refractivity contribution in [3.8, 4) is 0 Å². The molecule has 0 heterocycles. The summed E-state index contributed by atoms with van der Waals surface area (Å²) in [5.74, 6) is -0.913. The van der Waals surface area contributed by atoms with Crippen LogP contribution in [0.1, 0.15) is 31.7 Å². The Morgan fingerprint density at radius 3 is 2.65 bits per heavy atom. The Hall–Kier alpha value is -1.56. The molecule has 0 aliphatic carbocycles. The minimum atomic E-state index is -0.913. The van der Waals surface area contributed by atoms with Crippen LogP contribution in [0.15, 0.2) is 22.7 Å². The molecule has 0 spiro atoms. The average molecular weight is 343 g/mol. The lowest BCUT2D eigenvalue weighted by atomic mass is 10.1. The highest BCUT2D eigenvalue weighted by molar-refractivity contribution is 9.10. The van der Waals surface area contributed by atoms with Gasteiger partial charge in [-0.3, -0.25) is 4.79 Å². The maximum atomic E-state index is 11.9. The van der Waals surface area contributed by atoms with Gasteiger partial charge >= 0.3 is 12.0 Å². The molecule has 3 N–H and O–H groups in total. The number of carboxylic acid groups (broad SMARTS) is 1. The van der Waals surface area contributed by atoms with Crippen LogP contribution in [0.3, 0.4) is 0 Å². The Labute approximate surface area is 126 Å². The normalized spacial score (nSPS) is 11.8. The second-order valence-electron chi connectivity index (χ2n) is 4.64. The quantitative estimate of drug-likeness (QED) is 0.739. The van der Waals surface area contributed by atoms with Crippen molar-refractivity contribution in [3.63, 3.8) is 0 Å². The molecule has 0 aliphatic rings. The SMILES string of the molecule is CCCC(CC(=O)O)NC(=O)Nc1ccc(Br)cc1C. The Morgan fingerprint density at radius 2 is 2.10 bits per heavy atom. The number of halogens is 1. The van der Waals surface area contributed by atoms with Crippen LogP contribution in [0, 0.1) is 6.92 Å². The van der Waals surface area contributed by atoms with Gasteiger partial charge in [-0.25, -0.2) is 4.79 Å². The van der Waals surface area contributed by atoms with Crippen LogP contribution < -0.4 is 10.6 Å². The lowest BCUT2D eigenvalue weighted by Crippen LogP contribution is -2.39. The first kappa shape index (κ1) is 16.5. The molecule has 1 aromatic rings. The Kier molecular flexibility index (Phi) is 6.51. The standard InChI is InChI=1S/C14H19BrN2O3/c1-3-4-11(8-13(18)19)16-14(20)17-12-6-5-10(15)7-9(12)2/h5-7,11H,3-4,8H2,1-2H3,(H,18,19)(H2,16,17,20). The number of hydrogen-bond acceptors (Lipinski definition) is 2. The van der Waals surface area contributed by atoms with Crippen molar-refractivity contribution in [2.24, 2.45) is 0 Å². The van der Waals surface area contributed by atoms with Crippen molar-refractivity contribution in [2.75, 3.05) is 5.32 Å². The Morgan fingerprint density at radius 1 is 1.40 bits per heavy atom. The fourth-order valence-electron chi connectivity index (χ4n) is 1.90. The molecule has 1 aromatic carbocycles. The highest BCUT2D eigenvalue weighted by Gasteiger charge is 2.15. The molecular formula is C14H19BrN2O3. The van der Waals surface area contributed by atoms with Gasteiger partial charge < -0.3 is 15.7 Å². The minimum Gasteiger partial charge on any atom is -0.481 e. The first-order valence-corrected chi connectivity index (χ1v) is 7.27. The van der Waals surface area contributed by atoms with Gasteiger partial charge in [0.1, 0.15) is 0 Å². The molecule has 0 saturated carbocycles. The number of carbonyl (C=O) groups is 2. The van der Waals surface area contributed by atoms with E-state index in [4.69, 9.17) is 5.11 Å². The van der Waals surface area contributed by atoms with Gasteiger partial charge in [0, 0.05) is 16.2 Å². The van der Waals surface area contributed by atoms with Crippen LogP contribution in [-0.2, 0) is 4.79 Å². The fourth-order valence-corrected chi connectivity index (χ4v) is 2.37. The zero-order chi connectivity index (χ0) is 15.1. The summed E-state index contributed by atoms with van der Waals surface area (Å²) in [5, 5.41) is 14.2. The van der Waals surface area contributed by atoms with Gasteiger partial charge in [-0.1, -0.05) is 29.3 Å². The highest BCUT2D eigenvalue weighted by atomic mass is 79.9. The van der Waals surface area contributed by atoms with Crippen LogP contribution in [0.5, 0.6) is 0 Å². The van der Waals surface area contributed by atoms with Gasteiger partial charge in [0.25, 0.3) is 0 Å². The highest BCUT2D eigenvalue weighted by Crippen LogP contribution is 2.19. The number of anilines is 1. The number of carboxylic acids is 1. The van der Waals surface area contributed by atoms with Gasteiger partial charge in [-0.15, -0.1) is 0 Å². The summed E-state index contributed by atoms with van der Waals surface area (Å²) < 4.78 is 0.940. The van der Waals surface area contributed by atoms with Crippen molar-refractivity contribution in [1.29, 1.82) is 0 Å². The molecule has 0 aliphatic heterocycles. The topological polar surface area (TPSA) is 78.4 Å². The molecular weight excluding hydrogens is 324 g/mol. The van der Waals surface area contributed by atoms with Crippen molar-refractivity contribution in [3.05, 3.63) is 28.2 Å². The Bertz CT molecular complexity index is 491. The number of hydrogen-bond donors (Lipinski definition) is 3. The third-order valence-electron chi connectivity index (χ3n) is 2.83. The molecule has 0 bridgehead atoms. The van der Waals surface area contributed by atoms with E-state index in [1.54, 1.807) is 6.07 Å². The van der Waals surface area contributed by atoms with E-state index in [1.807, 2.05) is 26.0 Å². The summed E-state index contributed by atoms with van der Waals surface area (Å²) in [4.78, 5) is 22.6.